The van der Waals surface area contributed by atoms with Crippen molar-refractivity contribution in [1.82, 2.24) is 20.2 Å². The van der Waals surface area contributed by atoms with Gasteiger partial charge in [0.05, 0.1) is 18.2 Å². The van der Waals surface area contributed by atoms with Crippen molar-refractivity contribution in [3.63, 3.8) is 0 Å². The molecule has 0 aliphatic carbocycles. The number of aromatic amines is 1. The van der Waals surface area contributed by atoms with Crippen LogP contribution < -0.4 is 10.2 Å². The molecule has 7 nitrogen and oxygen atoms in total. The summed E-state index contributed by atoms with van der Waals surface area (Å²) >= 11 is 0. The van der Waals surface area contributed by atoms with Gasteiger partial charge in [-0.1, -0.05) is 0 Å². The molecule has 2 aromatic rings. The maximum atomic E-state index is 9.22. The molecule has 0 aromatic carbocycles. The zero-order chi connectivity index (χ0) is 13.8. The molecule has 0 saturated carbocycles. The van der Waals surface area contributed by atoms with E-state index in [9.17, 15) is 5.11 Å². The molecule has 0 aliphatic heterocycles. The second-order valence-corrected chi connectivity index (χ2v) is 4.54. The van der Waals surface area contributed by atoms with Crippen LogP contribution in [0.1, 0.15) is 20.8 Å². The Bertz CT molecular complexity index is 538. The second-order valence-electron chi connectivity index (χ2n) is 4.54. The molecule has 0 unspecified atom stereocenters. The van der Waals surface area contributed by atoms with E-state index in [4.69, 9.17) is 0 Å². The van der Waals surface area contributed by atoms with E-state index in [0.717, 1.165) is 17.7 Å². The van der Waals surface area contributed by atoms with Crippen LogP contribution in [0.4, 0.5) is 11.8 Å². The third kappa shape index (κ3) is 2.76. The first-order valence-corrected chi connectivity index (χ1v) is 6.49. The van der Waals surface area contributed by atoms with Crippen LogP contribution in [-0.2, 0) is 0 Å². The van der Waals surface area contributed by atoms with E-state index >= 15 is 0 Å². The maximum Gasteiger partial charge on any atom is 0.226 e. The summed E-state index contributed by atoms with van der Waals surface area (Å²) in [4.78, 5) is 10.9. The molecule has 19 heavy (non-hydrogen) atoms. The van der Waals surface area contributed by atoms with Gasteiger partial charge in [-0.05, 0) is 20.8 Å². The number of anilines is 2. The van der Waals surface area contributed by atoms with Crippen molar-refractivity contribution in [1.29, 1.82) is 0 Å². The highest BCUT2D eigenvalue weighted by Crippen LogP contribution is 2.25. The Balaban J connectivity index is 2.51. The summed E-state index contributed by atoms with van der Waals surface area (Å²) in [5.74, 6) is 1.36. The number of rotatable bonds is 6. The largest absolute Gasteiger partial charge is 0.395 e. The topological polar surface area (TPSA) is 90.0 Å². The summed E-state index contributed by atoms with van der Waals surface area (Å²) in [5.41, 5.74) is 0.699. The third-order valence-electron chi connectivity index (χ3n) is 2.86. The summed E-state index contributed by atoms with van der Waals surface area (Å²) in [7, 11) is 0. The van der Waals surface area contributed by atoms with Gasteiger partial charge in [0.2, 0.25) is 5.95 Å². The highest BCUT2D eigenvalue weighted by molar-refractivity contribution is 5.87. The van der Waals surface area contributed by atoms with Gasteiger partial charge in [-0.25, -0.2) is 0 Å². The van der Waals surface area contributed by atoms with Crippen LogP contribution in [0, 0.1) is 0 Å². The number of aliphatic hydroxyl groups is 1. The van der Waals surface area contributed by atoms with Gasteiger partial charge in [0.25, 0.3) is 0 Å². The minimum absolute atomic E-state index is 0.0814. The van der Waals surface area contributed by atoms with Gasteiger partial charge in [0.1, 0.15) is 5.82 Å². The molecule has 7 heteroatoms. The van der Waals surface area contributed by atoms with E-state index in [1.807, 2.05) is 11.8 Å². The Hall–Kier alpha value is -1.89. The molecule has 0 spiro atoms. The quantitative estimate of drug-likeness (QED) is 0.721. The van der Waals surface area contributed by atoms with Crippen molar-refractivity contribution in [3.8, 4) is 0 Å². The first-order chi connectivity index (χ1) is 9.17. The molecule has 0 saturated heterocycles. The smallest absolute Gasteiger partial charge is 0.226 e. The van der Waals surface area contributed by atoms with E-state index in [1.54, 1.807) is 6.20 Å². The molecule has 104 valence electrons. The molecule has 2 rings (SSSR count). The van der Waals surface area contributed by atoms with Crippen molar-refractivity contribution in [2.24, 2.45) is 0 Å². The van der Waals surface area contributed by atoms with E-state index in [1.165, 1.54) is 0 Å². The van der Waals surface area contributed by atoms with Crippen LogP contribution in [-0.4, -0.2) is 51.0 Å². The Morgan fingerprint density at radius 2 is 2.21 bits per heavy atom. The van der Waals surface area contributed by atoms with Crippen molar-refractivity contribution >= 4 is 22.8 Å². The molecule has 3 N–H and O–H groups in total. The number of aromatic nitrogens is 4. The number of nitrogens with zero attached hydrogens (tertiary/aromatic N) is 4. The van der Waals surface area contributed by atoms with Crippen LogP contribution in [0.3, 0.4) is 0 Å². The summed E-state index contributed by atoms with van der Waals surface area (Å²) in [5, 5.41) is 20.1. The zero-order valence-electron chi connectivity index (χ0n) is 11.5. The highest BCUT2D eigenvalue weighted by Gasteiger charge is 2.17. The van der Waals surface area contributed by atoms with E-state index in [-0.39, 0.29) is 12.6 Å². The molecule has 0 bridgehead atoms. The second kappa shape index (κ2) is 5.83. The lowest BCUT2D eigenvalue weighted by Crippen LogP contribution is -2.34. The predicted molar refractivity (Wildman–Crippen MR) is 75.4 cm³/mol. The lowest BCUT2D eigenvalue weighted by Gasteiger charge is -2.27. The van der Waals surface area contributed by atoms with Gasteiger partial charge in [-0.3, -0.25) is 5.10 Å². The Labute approximate surface area is 112 Å². The summed E-state index contributed by atoms with van der Waals surface area (Å²) in [6.07, 6.45) is 1.72. The van der Waals surface area contributed by atoms with Crippen LogP contribution in [0.25, 0.3) is 11.0 Å². The maximum absolute atomic E-state index is 9.22. The number of hydrogen-bond donors (Lipinski definition) is 3. The van der Waals surface area contributed by atoms with E-state index in [0.29, 0.717) is 18.1 Å². The van der Waals surface area contributed by atoms with Crippen molar-refractivity contribution in [3.05, 3.63) is 6.20 Å². The lowest BCUT2D eigenvalue weighted by atomic mass is 10.2. The summed E-state index contributed by atoms with van der Waals surface area (Å²) in [6, 6.07) is 0.231. The predicted octanol–water partition coefficient (Wildman–Crippen LogP) is 0.992. The summed E-state index contributed by atoms with van der Waals surface area (Å²) < 4.78 is 0. The SMILES string of the molecule is CCNc1nc(N(CCO)C(C)C)c2cn[nH]c2n1. The monoisotopic (exact) mass is 264 g/mol. The number of hydrogen-bond acceptors (Lipinski definition) is 6. The minimum atomic E-state index is 0.0814. The lowest BCUT2D eigenvalue weighted by molar-refractivity contribution is 0.299. The average molecular weight is 264 g/mol. The normalized spacial score (nSPS) is 11.2. The Kier molecular flexibility index (Phi) is 4.16. The Morgan fingerprint density at radius 3 is 2.84 bits per heavy atom. The molecule has 2 aromatic heterocycles. The molecule has 0 fully saturated rings. The third-order valence-corrected chi connectivity index (χ3v) is 2.86. The average Bonchev–Trinajstić information content (AvgIpc) is 2.83. The van der Waals surface area contributed by atoms with Crippen molar-refractivity contribution in [2.45, 2.75) is 26.8 Å². The summed E-state index contributed by atoms with van der Waals surface area (Å²) in [6.45, 7) is 7.49. The van der Waals surface area contributed by atoms with Gasteiger partial charge in [0.15, 0.2) is 5.65 Å². The minimum Gasteiger partial charge on any atom is -0.395 e. The molecular weight excluding hydrogens is 244 g/mol. The first kappa shape index (κ1) is 13.5. The van der Waals surface area contributed by atoms with Crippen molar-refractivity contribution in [2.75, 3.05) is 29.9 Å². The van der Waals surface area contributed by atoms with Crippen LogP contribution in [0.2, 0.25) is 0 Å². The number of aliphatic hydroxyl groups excluding tert-OH is 1. The first-order valence-electron chi connectivity index (χ1n) is 6.49. The van der Waals surface area contributed by atoms with Gasteiger partial charge in [-0.2, -0.15) is 15.1 Å². The fourth-order valence-electron chi connectivity index (χ4n) is 1.99. The number of nitrogens with one attached hydrogen (secondary N) is 2. The number of fused-ring (bicyclic) bond motifs is 1. The van der Waals surface area contributed by atoms with Gasteiger partial charge >= 0.3 is 0 Å². The fourth-order valence-corrected chi connectivity index (χ4v) is 1.99. The molecule has 0 atom stereocenters. The van der Waals surface area contributed by atoms with Crippen LogP contribution in [0.5, 0.6) is 0 Å². The molecule has 0 radical (unpaired) electrons. The highest BCUT2D eigenvalue weighted by atomic mass is 16.3. The van der Waals surface area contributed by atoms with Crippen molar-refractivity contribution < 1.29 is 5.11 Å². The standard InChI is InChI=1S/C12H20N6O/c1-4-13-12-15-10-9(7-14-17-10)11(16-12)18(5-6-19)8(2)3/h7-8,19H,4-6H2,1-3H3,(H2,13,14,15,16,17). The fraction of sp³-hybridized carbons (Fsp3) is 0.583. The van der Waals surface area contributed by atoms with E-state index < -0.39 is 0 Å². The van der Waals surface area contributed by atoms with Gasteiger partial charge in [-0.15, -0.1) is 0 Å². The Morgan fingerprint density at radius 1 is 1.42 bits per heavy atom. The zero-order valence-corrected chi connectivity index (χ0v) is 11.5. The molecule has 2 heterocycles. The molecule has 0 amide bonds. The number of H-pyrrole nitrogens is 1. The van der Waals surface area contributed by atoms with Crippen LogP contribution >= 0.6 is 0 Å². The molecule has 0 aliphatic rings. The van der Waals surface area contributed by atoms with Gasteiger partial charge in [0, 0.05) is 19.1 Å². The van der Waals surface area contributed by atoms with Gasteiger partial charge < -0.3 is 15.3 Å². The molecular formula is C12H20N6O. The van der Waals surface area contributed by atoms with E-state index in [2.05, 4.69) is 39.3 Å². The van der Waals surface area contributed by atoms with Crippen LogP contribution in [0.15, 0.2) is 6.20 Å².